The minimum absolute atomic E-state index is 0.108. The molecule has 0 unspecified atom stereocenters. The van der Waals surface area contributed by atoms with Crippen LogP contribution < -0.4 is 10.6 Å². The summed E-state index contributed by atoms with van der Waals surface area (Å²) in [6.07, 6.45) is 0. The van der Waals surface area contributed by atoms with Crippen molar-refractivity contribution >= 4 is 45.7 Å². The van der Waals surface area contributed by atoms with Crippen molar-refractivity contribution in [3.63, 3.8) is 0 Å². The van der Waals surface area contributed by atoms with E-state index in [9.17, 15) is 4.79 Å². The second-order valence-electron chi connectivity index (χ2n) is 6.31. The number of carbonyl (C=O) groups is 1. The number of carbonyl (C=O) groups excluding carboxylic acids is 1. The smallest absolute Gasteiger partial charge is 0.228 e. The molecule has 0 bridgehead atoms. The summed E-state index contributed by atoms with van der Waals surface area (Å²) in [5.41, 5.74) is 4.14. The first-order valence-electron chi connectivity index (χ1n) is 8.76. The lowest BCUT2D eigenvalue weighted by molar-refractivity contribution is -0.114. The molecule has 0 aliphatic rings. The van der Waals surface area contributed by atoms with E-state index in [1.165, 1.54) is 6.92 Å². The Bertz CT molecular complexity index is 1140. The fourth-order valence-corrected chi connectivity index (χ4v) is 3.11. The summed E-state index contributed by atoms with van der Waals surface area (Å²) >= 11 is 6.17. The van der Waals surface area contributed by atoms with E-state index in [4.69, 9.17) is 16.6 Å². The van der Waals surface area contributed by atoms with Crippen LogP contribution in [0.3, 0.4) is 0 Å². The maximum absolute atomic E-state index is 11.2. The highest BCUT2D eigenvalue weighted by Gasteiger charge is 2.11. The predicted molar refractivity (Wildman–Crippen MR) is 114 cm³/mol. The van der Waals surface area contributed by atoms with Crippen LogP contribution in [0.25, 0.3) is 22.2 Å². The van der Waals surface area contributed by atoms with E-state index < -0.39 is 0 Å². The number of amides is 1. The van der Waals surface area contributed by atoms with Gasteiger partial charge in [0.1, 0.15) is 0 Å². The van der Waals surface area contributed by atoms with Crippen LogP contribution in [0.4, 0.5) is 17.3 Å². The average Bonchev–Trinajstić information content (AvgIpc) is 2.69. The second-order valence-corrected chi connectivity index (χ2v) is 6.74. The van der Waals surface area contributed by atoms with Crippen LogP contribution in [0.5, 0.6) is 0 Å². The highest BCUT2D eigenvalue weighted by molar-refractivity contribution is 6.31. The molecule has 0 fully saturated rings. The Balaban J connectivity index is 1.74. The molecule has 0 atom stereocenters. The summed E-state index contributed by atoms with van der Waals surface area (Å²) in [7, 11) is 0. The number of aromatic nitrogens is 2. The second kappa shape index (κ2) is 7.66. The van der Waals surface area contributed by atoms with Gasteiger partial charge in [0.15, 0.2) is 0 Å². The third-order valence-corrected chi connectivity index (χ3v) is 4.40. The molecule has 28 heavy (non-hydrogen) atoms. The molecular weight excluding hydrogens is 372 g/mol. The molecule has 0 saturated heterocycles. The number of fused-ring (bicyclic) bond motifs is 1. The summed E-state index contributed by atoms with van der Waals surface area (Å²) in [4.78, 5) is 20.5. The Kier molecular flexibility index (Phi) is 4.91. The molecule has 3 aromatic carbocycles. The molecule has 4 rings (SSSR count). The lowest BCUT2D eigenvalue weighted by Crippen LogP contribution is -2.05. The fraction of sp³-hybridized carbons (Fsp3) is 0.0455. The first kappa shape index (κ1) is 17.9. The zero-order chi connectivity index (χ0) is 19.5. The molecule has 138 valence electrons. The number of nitrogens with one attached hydrogen (secondary N) is 2. The number of benzene rings is 3. The van der Waals surface area contributed by atoms with Crippen molar-refractivity contribution in [1.29, 1.82) is 0 Å². The number of rotatable bonds is 4. The van der Waals surface area contributed by atoms with Gasteiger partial charge in [-0.1, -0.05) is 41.9 Å². The van der Waals surface area contributed by atoms with Crippen molar-refractivity contribution in [2.24, 2.45) is 0 Å². The van der Waals surface area contributed by atoms with Crippen molar-refractivity contribution < 1.29 is 4.79 Å². The van der Waals surface area contributed by atoms with Crippen molar-refractivity contribution in [3.8, 4) is 11.3 Å². The third kappa shape index (κ3) is 3.94. The molecule has 0 saturated carbocycles. The van der Waals surface area contributed by atoms with Crippen LogP contribution in [0.2, 0.25) is 5.02 Å². The number of halogens is 1. The fourth-order valence-electron chi connectivity index (χ4n) is 2.94. The summed E-state index contributed by atoms with van der Waals surface area (Å²) in [6, 6.07) is 22.9. The zero-order valence-corrected chi connectivity index (χ0v) is 15.9. The minimum Gasteiger partial charge on any atom is -0.326 e. The summed E-state index contributed by atoms with van der Waals surface area (Å²) in [5.74, 6) is 0.365. The molecule has 0 spiro atoms. The Labute approximate surface area is 167 Å². The lowest BCUT2D eigenvalue weighted by Gasteiger charge is -2.11. The van der Waals surface area contributed by atoms with Crippen LogP contribution >= 0.6 is 11.6 Å². The predicted octanol–water partition coefficient (Wildman–Crippen LogP) is 5.65. The van der Waals surface area contributed by atoms with Crippen LogP contribution in [-0.2, 0) is 4.79 Å². The van der Waals surface area contributed by atoms with Crippen molar-refractivity contribution in [1.82, 2.24) is 9.97 Å². The van der Waals surface area contributed by atoms with Gasteiger partial charge < -0.3 is 10.6 Å². The normalized spacial score (nSPS) is 10.6. The van der Waals surface area contributed by atoms with Crippen LogP contribution in [0.15, 0.2) is 72.8 Å². The van der Waals surface area contributed by atoms with Gasteiger partial charge in [-0.3, -0.25) is 4.79 Å². The van der Waals surface area contributed by atoms with Crippen molar-refractivity contribution in [2.75, 3.05) is 10.6 Å². The minimum atomic E-state index is -0.108. The largest absolute Gasteiger partial charge is 0.326 e. The molecule has 2 N–H and O–H groups in total. The maximum Gasteiger partial charge on any atom is 0.228 e. The van der Waals surface area contributed by atoms with Crippen LogP contribution in [-0.4, -0.2) is 15.9 Å². The number of hydrogen-bond donors (Lipinski definition) is 2. The van der Waals surface area contributed by atoms with Crippen molar-refractivity contribution in [3.05, 3.63) is 77.8 Å². The Morgan fingerprint density at radius 3 is 2.32 bits per heavy atom. The number of nitrogens with zero attached hydrogens (tertiary/aromatic N) is 2. The van der Waals surface area contributed by atoms with Gasteiger partial charge in [0.25, 0.3) is 0 Å². The first-order valence-corrected chi connectivity index (χ1v) is 9.14. The molecule has 0 aliphatic carbocycles. The van der Waals surface area contributed by atoms with Gasteiger partial charge in [-0.05, 0) is 42.5 Å². The molecule has 5 nitrogen and oxygen atoms in total. The van der Waals surface area contributed by atoms with Gasteiger partial charge in [0, 0.05) is 34.3 Å². The highest BCUT2D eigenvalue weighted by atomic mass is 35.5. The molecular formula is C22H17ClN4O. The standard InChI is InChI=1S/C22H17ClN4O/c1-14(28)24-17-8-10-18(11-9-17)25-22-26-20-13-16(23)7-12-19(20)21(27-22)15-5-3-2-4-6-15/h2-13H,1H3,(H,24,28)(H,25,26,27). The van der Waals surface area contributed by atoms with Gasteiger partial charge in [-0.2, -0.15) is 0 Å². The third-order valence-electron chi connectivity index (χ3n) is 4.17. The molecule has 6 heteroatoms. The quantitative estimate of drug-likeness (QED) is 0.474. The van der Waals surface area contributed by atoms with Crippen LogP contribution in [0, 0.1) is 0 Å². The monoisotopic (exact) mass is 388 g/mol. The first-order chi connectivity index (χ1) is 13.6. The van der Waals surface area contributed by atoms with Gasteiger partial charge in [-0.25, -0.2) is 9.97 Å². The number of anilines is 3. The van der Waals surface area contributed by atoms with Gasteiger partial charge in [0.2, 0.25) is 11.9 Å². The molecule has 0 aliphatic heterocycles. The van der Waals surface area contributed by atoms with E-state index >= 15 is 0 Å². The summed E-state index contributed by atoms with van der Waals surface area (Å²) < 4.78 is 0. The van der Waals surface area contributed by atoms with E-state index in [-0.39, 0.29) is 5.91 Å². The number of hydrogen-bond acceptors (Lipinski definition) is 4. The average molecular weight is 389 g/mol. The van der Waals surface area contributed by atoms with Gasteiger partial charge in [0.05, 0.1) is 11.2 Å². The Morgan fingerprint density at radius 2 is 1.61 bits per heavy atom. The Morgan fingerprint density at radius 1 is 0.893 bits per heavy atom. The van der Waals surface area contributed by atoms with Gasteiger partial charge in [-0.15, -0.1) is 0 Å². The van der Waals surface area contributed by atoms with E-state index in [0.717, 1.165) is 33.5 Å². The topological polar surface area (TPSA) is 66.9 Å². The SMILES string of the molecule is CC(=O)Nc1ccc(Nc2nc(-c3ccccc3)c3ccc(Cl)cc3n2)cc1. The van der Waals surface area contributed by atoms with E-state index in [1.807, 2.05) is 72.8 Å². The highest BCUT2D eigenvalue weighted by Crippen LogP contribution is 2.30. The lowest BCUT2D eigenvalue weighted by atomic mass is 10.1. The maximum atomic E-state index is 11.2. The molecule has 1 heterocycles. The van der Waals surface area contributed by atoms with E-state index in [2.05, 4.69) is 15.6 Å². The molecule has 1 aromatic heterocycles. The van der Waals surface area contributed by atoms with E-state index in [0.29, 0.717) is 11.0 Å². The van der Waals surface area contributed by atoms with E-state index in [1.54, 1.807) is 0 Å². The zero-order valence-electron chi connectivity index (χ0n) is 15.1. The summed E-state index contributed by atoms with van der Waals surface area (Å²) in [5, 5.41) is 7.53. The Hall–Kier alpha value is -3.44. The molecule has 4 aromatic rings. The molecule has 1 amide bonds. The van der Waals surface area contributed by atoms with Crippen molar-refractivity contribution in [2.45, 2.75) is 6.92 Å². The summed E-state index contributed by atoms with van der Waals surface area (Å²) in [6.45, 7) is 1.48. The van der Waals surface area contributed by atoms with Crippen LogP contribution in [0.1, 0.15) is 6.92 Å². The van der Waals surface area contributed by atoms with Gasteiger partial charge >= 0.3 is 0 Å². The molecule has 0 radical (unpaired) electrons.